The standard InChI is InChI=1S/C13H19NO2/c1-3-4-10-13(14,12(15)16-2)11-8-6-5-7-9-11/h5-9H,3-4,10,14H2,1-2H3/t13-/m0/s1. The smallest absolute Gasteiger partial charge is 0.330 e. The first-order chi connectivity index (χ1) is 7.65. The summed E-state index contributed by atoms with van der Waals surface area (Å²) in [6, 6.07) is 9.40. The Morgan fingerprint density at radius 1 is 1.38 bits per heavy atom. The molecule has 0 aliphatic heterocycles. The number of methoxy groups -OCH3 is 1. The van der Waals surface area contributed by atoms with Gasteiger partial charge in [0.15, 0.2) is 0 Å². The summed E-state index contributed by atoms with van der Waals surface area (Å²) in [5.41, 5.74) is 5.99. The van der Waals surface area contributed by atoms with Crippen molar-refractivity contribution in [2.24, 2.45) is 5.73 Å². The van der Waals surface area contributed by atoms with Crippen LogP contribution in [-0.4, -0.2) is 13.1 Å². The Hall–Kier alpha value is -1.35. The fourth-order valence-electron chi connectivity index (χ4n) is 1.74. The summed E-state index contributed by atoms with van der Waals surface area (Å²) in [5.74, 6) is -0.368. The van der Waals surface area contributed by atoms with Crippen LogP contribution < -0.4 is 5.73 Å². The summed E-state index contributed by atoms with van der Waals surface area (Å²) in [5, 5.41) is 0. The number of unbranched alkanes of at least 4 members (excludes halogenated alkanes) is 1. The van der Waals surface area contributed by atoms with E-state index < -0.39 is 5.54 Å². The van der Waals surface area contributed by atoms with Gasteiger partial charge in [-0.15, -0.1) is 0 Å². The predicted molar refractivity (Wildman–Crippen MR) is 63.8 cm³/mol. The van der Waals surface area contributed by atoms with E-state index in [0.717, 1.165) is 18.4 Å². The molecular formula is C13H19NO2. The largest absolute Gasteiger partial charge is 0.467 e. The minimum absolute atomic E-state index is 0.368. The lowest BCUT2D eigenvalue weighted by Gasteiger charge is -2.26. The van der Waals surface area contributed by atoms with Gasteiger partial charge < -0.3 is 10.5 Å². The molecule has 1 aromatic carbocycles. The summed E-state index contributed by atoms with van der Waals surface area (Å²) in [6.07, 6.45) is 2.52. The number of hydrogen-bond donors (Lipinski definition) is 1. The zero-order valence-electron chi connectivity index (χ0n) is 9.90. The van der Waals surface area contributed by atoms with E-state index in [9.17, 15) is 4.79 Å². The number of carbonyl (C=O) groups is 1. The highest BCUT2D eigenvalue weighted by Gasteiger charge is 2.36. The minimum atomic E-state index is -1.01. The molecule has 0 saturated heterocycles. The highest BCUT2D eigenvalue weighted by Crippen LogP contribution is 2.25. The van der Waals surface area contributed by atoms with E-state index in [1.807, 2.05) is 30.3 Å². The van der Waals surface area contributed by atoms with Crippen molar-refractivity contribution < 1.29 is 9.53 Å². The van der Waals surface area contributed by atoms with E-state index in [1.54, 1.807) is 0 Å². The highest BCUT2D eigenvalue weighted by molar-refractivity contribution is 5.82. The van der Waals surface area contributed by atoms with Gasteiger partial charge in [0.2, 0.25) is 0 Å². The molecular weight excluding hydrogens is 202 g/mol. The van der Waals surface area contributed by atoms with Crippen molar-refractivity contribution in [3.8, 4) is 0 Å². The van der Waals surface area contributed by atoms with E-state index in [-0.39, 0.29) is 5.97 Å². The van der Waals surface area contributed by atoms with E-state index in [0.29, 0.717) is 6.42 Å². The topological polar surface area (TPSA) is 52.3 Å². The molecule has 0 aliphatic carbocycles. The predicted octanol–water partition coefficient (Wildman–Crippen LogP) is 2.20. The van der Waals surface area contributed by atoms with E-state index in [2.05, 4.69) is 6.92 Å². The molecule has 0 aromatic heterocycles. The van der Waals surface area contributed by atoms with Crippen molar-refractivity contribution in [3.05, 3.63) is 35.9 Å². The van der Waals surface area contributed by atoms with Crippen LogP contribution in [0.2, 0.25) is 0 Å². The third-order valence-electron chi connectivity index (χ3n) is 2.76. The van der Waals surface area contributed by atoms with Gasteiger partial charge in [-0.3, -0.25) is 0 Å². The second-order valence-corrected chi connectivity index (χ2v) is 3.93. The van der Waals surface area contributed by atoms with Gasteiger partial charge in [-0.1, -0.05) is 50.1 Å². The maximum atomic E-state index is 11.8. The van der Waals surface area contributed by atoms with Crippen molar-refractivity contribution in [2.75, 3.05) is 7.11 Å². The molecule has 0 aliphatic rings. The first kappa shape index (κ1) is 12.7. The average Bonchev–Trinajstić information content (AvgIpc) is 2.36. The molecule has 0 radical (unpaired) electrons. The van der Waals surface area contributed by atoms with E-state index >= 15 is 0 Å². The molecule has 0 spiro atoms. The summed E-state index contributed by atoms with van der Waals surface area (Å²) in [4.78, 5) is 11.8. The Morgan fingerprint density at radius 2 is 2.00 bits per heavy atom. The number of esters is 1. The fraction of sp³-hybridized carbons (Fsp3) is 0.462. The van der Waals surface area contributed by atoms with Gasteiger partial charge in [0.25, 0.3) is 0 Å². The molecule has 0 saturated carbocycles. The lowest BCUT2D eigenvalue weighted by molar-refractivity contribution is -0.147. The molecule has 0 fully saturated rings. The van der Waals surface area contributed by atoms with Gasteiger partial charge in [0.05, 0.1) is 7.11 Å². The van der Waals surface area contributed by atoms with Crippen LogP contribution in [-0.2, 0) is 15.1 Å². The Bertz CT molecular complexity index is 337. The minimum Gasteiger partial charge on any atom is -0.467 e. The molecule has 0 unspecified atom stereocenters. The third kappa shape index (κ3) is 2.61. The monoisotopic (exact) mass is 221 g/mol. The molecule has 0 amide bonds. The van der Waals surface area contributed by atoms with Crippen LogP contribution in [0.15, 0.2) is 30.3 Å². The van der Waals surface area contributed by atoms with Crippen LogP contribution in [0, 0.1) is 0 Å². The molecule has 0 bridgehead atoms. The van der Waals surface area contributed by atoms with Gasteiger partial charge in [-0.05, 0) is 12.0 Å². The maximum Gasteiger partial charge on any atom is 0.330 e. The lowest BCUT2D eigenvalue weighted by Crippen LogP contribution is -2.45. The van der Waals surface area contributed by atoms with Gasteiger partial charge in [-0.25, -0.2) is 4.79 Å². The van der Waals surface area contributed by atoms with Gasteiger partial charge >= 0.3 is 5.97 Å². The Morgan fingerprint density at radius 3 is 2.50 bits per heavy atom. The van der Waals surface area contributed by atoms with Crippen LogP contribution in [0.1, 0.15) is 31.7 Å². The molecule has 88 valence electrons. The Labute approximate surface area is 96.6 Å². The third-order valence-corrected chi connectivity index (χ3v) is 2.76. The van der Waals surface area contributed by atoms with Gasteiger partial charge in [0, 0.05) is 0 Å². The number of hydrogen-bond acceptors (Lipinski definition) is 3. The molecule has 16 heavy (non-hydrogen) atoms. The number of benzene rings is 1. The average molecular weight is 221 g/mol. The summed E-state index contributed by atoms with van der Waals surface area (Å²) < 4.78 is 4.80. The zero-order valence-corrected chi connectivity index (χ0v) is 9.90. The van der Waals surface area contributed by atoms with Crippen LogP contribution in [0.3, 0.4) is 0 Å². The molecule has 2 N–H and O–H groups in total. The molecule has 3 heteroatoms. The van der Waals surface area contributed by atoms with Crippen LogP contribution in [0.5, 0.6) is 0 Å². The fourth-order valence-corrected chi connectivity index (χ4v) is 1.74. The number of ether oxygens (including phenoxy) is 1. The van der Waals surface area contributed by atoms with Gasteiger partial charge in [-0.2, -0.15) is 0 Å². The SMILES string of the molecule is CCCC[C@@](N)(C(=O)OC)c1ccccc1. The first-order valence-corrected chi connectivity index (χ1v) is 5.58. The number of nitrogens with two attached hydrogens (primary N) is 1. The second-order valence-electron chi connectivity index (χ2n) is 3.93. The summed E-state index contributed by atoms with van der Waals surface area (Å²) in [6.45, 7) is 2.07. The summed E-state index contributed by atoms with van der Waals surface area (Å²) >= 11 is 0. The first-order valence-electron chi connectivity index (χ1n) is 5.58. The Kier molecular flexibility index (Phi) is 4.50. The van der Waals surface area contributed by atoms with Crippen LogP contribution in [0.25, 0.3) is 0 Å². The second kappa shape index (κ2) is 5.66. The molecule has 1 rings (SSSR count). The highest BCUT2D eigenvalue weighted by atomic mass is 16.5. The Balaban J connectivity index is 2.99. The lowest BCUT2D eigenvalue weighted by atomic mass is 9.86. The number of carbonyl (C=O) groups excluding carboxylic acids is 1. The quantitative estimate of drug-likeness (QED) is 0.775. The summed E-state index contributed by atoms with van der Waals surface area (Å²) in [7, 11) is 1.37. The van der Waals surface area contributed by atoms with Crippen molar-refractivity contribution in [3.63, 3.8) is 0 Å². The van der Waals surface area contributed by atoms with Gasteiger partial charge in [0.1, 0.15) is 5.54 Å². The maximum absolute atomic E-state index is 11.8. The van der Waals surface area contributed by atoms with Crippen molar-refractivity contribution >= 4 is 5.97 Å². The zero-order chi connectivity index (χ0) is 12.0. The van der Waals surface area contributed by atoms with Crippen LogP contribution in [0.4, 0.5) is 0 Å². The molecule has 1 aromatic rings. The molecule has 0 heterocycles. The normalized spacial score (nSPS) is 14.2. The number of rotatable bonds is 5. The molecule has 1 atom stereocenters. The van der Waals surface area contributed by atoms with E-state index in [1.165, 1.54) is 7.11 Å². The van der Waals surface area contributed by atoms with E-state index in [4.69, 9.17) is 10.5 Å². The van der Waals surface area contributed by atoms with Crippen molar-refractivity contribution in [1.82, 2.24) is 0 Å². The van der Waals surface area contributed by atoms with Crippen molar-refractivity contribution in [1.29, 1.82) is 0 Å². The van der Waals surface area contributed by atoms with Crippen molar-refractivity contribution in [2.45, 2.75) is 31.7 Å². The molecule has 3 nitrogen and oxygen atoms in total. The van der Waals surface area contributed by atoms with Crippen LogP contribution >= 0.6 is 0 Å².